The van der Waals surface area contributed by atoms with Crippen molar-refractivity contribution in [1.82, 2.24) is 9.80 Å². The molecule has 1 saturated heterocycles. The molecule has 0 saturated carbocycles. The summed E-state index contributed by atoms with van der Waals surface area (Å²) < 4.78 is 10.6. The van der Waals surface area contributed by atoms with Gasteiger partial charge >= 0.3 is 5.97 Å². The number of esters is 1. The zero-order valence-electron chi connectivity index (χ0n) is 14.2. The molecule has 2 rings (SSSR count). The van der Waals surface area contributed by atoms with Crippen LogP contribution in [0.2, 0.25) is 0 Å². The summed E-state index contributed by atoms with van der Waals surface area (Å²) in [4.78, 5) is 28.2. The smallest absolute Gasteiger partial charge is 0.328 e. The molecule has 0 bridgehead atoms. The van der Waals surface area contributed by atoms with Crippen LogP contribution in [0, 0.1) is 6.92 Å². The van der Waals surface area contributed by atoms with Crippen LogP contribution in [0.4, 0.5) is 0 Å². The largest absolute Gasteiger partial charge is 0.465 e. The number of likely N-dealkylation sites (tertiary alicyclic amines) is 1. The molecular weight excluding hydrogens is 296 g/mol. The van der Waals surface area contributed by atoms with Crippen molar-refractivity contribution >= 4 is 11.9 Å². The van der Waals surface area contributed by atoms with Gasteiger partial charge in [-0.25, -0.2) is 4.79 Å². The van der Waals surface area contributed by atoms with E-state index in [1.54, 1.807) is 11.8 Å². The highest BCUT2D eigenvalue weighted by atomic mass is 16.5. The molecule has 128 valence electrons. The Morgan fingerprint density at radius 1 is 1.39 bits per heavy atom. The average molecular weight is 322 g/mol. The Kier molecular flexibility index (Phi) is 6.21. The molecular formula is C17H26N2O4. The van der Waals surface area contributed by atoms with Gasteiger partial charge in [0.2, 0.25) is 5.91 Å². The van der Waals surface area contributed by atoms with E-state index in [0.717, 1.165) is 24.4 Å². The lowest BCUT2D eigenvalue weighted by Gasteiger charge is -2.35. The second-order valence-electron chi connectivity index (χ2n) is 6.04. The van der Waals surface area contributed by atoms with E-state index in [9.17, 15) is 9.59 Å². The molecule has 23 heavy (non-hydrogen) atoms. The van der Waals surface area contributed by atoms with E-state index in [1.165, 1.54) is 0 Å². The van der Waals surface area contributed by atoms with Crippen molar-refractivity contribution in [1.29, 1.82) is 0 Å². The SMILES string of the molecule is CCOC(=O)C1CCCCN1C(=O)CN(C)Cc1ccc(C)o1. The lowest BCUT2D eigenvalue weighted by atomic mass is 10.0. The summed E-state index contributed by atoms with van der Waals surface area (Å²) in [7, 11) is 1.87. The Bertz CT molecular complexity index is 540. The zero-order chi connectivity index (χ0) is 16.8. The molecule has 0 spiro atoms. The number of hydrogen-bond acceptors (Lipinski definition) is 5. The fourth-order valence-electron chi connectivity index (χ4n) is 2.93. The number of likely N-dealkylation sites (N-methyl/N-ethyl adjacent to an activating group) is 1. The number of carbonyl (C=O) groups is 2. The zero-order valence-corrected chi connectivity index (χ0v) is 14.2. The van der Waals surface area contributed by atoms with E-state index in [1.807, 2.05) is 31.0 Å². The molecule has 1 atom stereocenters. The minimum atomic E-state index is -0.435. The predicted octanol–water partition coefficient (Wildman–Crippen LogP) is 1.96. The molecule has 0 N–H and O–H groups in total. The summed E-state index contributed by atoms with van der Waals surface area (Å²) >= 11 is 0. The maximum atomic E-state index is 12.6. The molecule has 1 aliphatic heterocycles. The normalized spacial score (nSPS) is 18.3. The Labute approximate surface area is 137 Å². The second kappa shape index (κ2) is 8.15. The number of nitrogens with zero attached hydrogens (tertiary/aromatic N) is 2. The van der Waals surface area contributed by atoms with Gasteiger partial charge in [-0.3, -0.25) is 9.69 Å². The van der Waals surface area contributed by atoms with Crippen LogP contribution in [-0.2, 0) is 20.9 Å². The Morgan fingerprint density at radius 2 is 2.17 bits per heavy atom. The maximum Gasteiger partial charge on any atom is 0.328 e. The number of aryl methyl sites for hydroxylation is 1. The number of hydrogen-bond donors (Lipinski definition) is 0. The third-order valence-electron chi connectivity index (χ3n) is 4.01. The summed E-state index contributed by atoms with van der Waals surface area (Å²) in [5.74, 6) is 1.37. The van der Waals surface area contributed by atoms with Crippen LogP contribution in [0.5, 0.6) is 0 Å². The Hall–Kier alpha value is -1.82. The second-order valence-corrected chi connectivity index (χ2v) is 6.04. The fourth-order valence-corrected chi connectivity index (χ4v) is 2.93. The fraction of sp³-hybridized carbons (Fsp3) is 0.647. The quantitative estimate of drug-likeness (QED) is 0.749. The van der Waals surface area contributed by atoms with Crippen LogP contribution in [0.1, 0.15) is 37.7 Å². The molecule has 0 aliphatic carbocycles. The molecule has 1 amide bonds. The summed E-state index contributed by atoms with van der Waals surface area (Å²) in [6, 6.07) is 3.39. The van der Waals surface area contributed by atoms with Crippen molar-refractivity contribution in [3.63, 3.8) is 0 Å². The average Bonchev–Trinajstić information content (AvgIpc) is 2.92. The third kappa shape index (κ3) is 4.82. The number of rotatable bonds is 6. The first kappa shape index (κ1) is 17.5. The van der Waals surface area contributed by atoms with Gasteiger partial charge < -0.3 is 14.1 Å². The summed E-state index contributed by atoms with van der Waals surface area (Å²) in [5.41, 5.74) is 0. The van der Waals surface area contributed by atoms with Crippen molar-refractivity contribution < 1.29 is 18.7 Å². The predicted molar refractivity (Wildman–Crippen MR) is 85.8 cm³/mol. The van der Waals surface area contributed by atoms with Crippen molar-refractivity contribution in [2.24, 2.45) is 0 Å². The van der Waals surface area contributed by atoms with Crippen molar-refractivity contribution in [2.75, 3.05) is 26.7 Å². The van der Waals surface area contributed by atoms with Crippen LogP contribution >= 0.6 is 0 Å². The molecule has 2 heterocycles. The molecule has 6 heteroatoms. The summed E-state index contributed by atoms with van der Waals surface area (Å²) in [6.45, 7) is 5.47. The van der Waals surface area contributed by atoms with Gasteiger partial charge in [0, 0.05) is 6.54 Å². The van der Waals surface area contributed by atoms with Gasteiger partial charge in [0.1, 0.15) is 17.6 Å². The Balaban J connectivity index is 1.92. The number of furan rings is 1. The molecule has 1 aromatic heterocycles. The topological polar surface area (TPSA) is 63.0 Å². The van der Waals surface area contributed by atoms with Gasteiger partial charge in [0.15, 0.2) is 0 Å². The standard InChI is InChI=1S/C17H26N2O4/c1-4-22-17(21)15-7-5-6-10-19(15)16(20)12-18(3)11-14-9-8-13(2)23-14/h8-9,15H,4-7,10-12H2,1-3H3. The molecule has 6 nitrogen and oxygen atoms in total. The van der Waals surface area contributed by atoms with E-state index in [-0.39, 0.29) is 18.4 Å². The van der Waals surface area contributed by atoms with Gasteiger partial charge in [-0.1, -0.05) is 0 Å². The van der Waals surface area contributed by atoms with Gasteiger partial charge in [-0.15, -0.1) is 0 Å². The molecule has 1 fully saturated rings. The minimum Gasteiger partial charge on any atom is -0.465 e. The van der Waals surface area contributed by atoms with Crippen LogP contribution in [0.25, 0.3) is 0 Å². The lowest BCUT2D eigenvalue weighted by molar-refractivity contribution is -0.157. The minimum absolute atomic E-state index is 0.0338. The molecule has 0 radical (unpaired) electrons. The number of carbonyl (C=O) groups excluding carboxylic acids is 2. The highest BCUT2D eigenvalue weighted by molar-refractivity contribution is 5.85. The Morgan fingerprint density at radius 3 is 2.83 bits per heavy atom. The first-order chi connectivity index (χ1) is 11.0. The highest BCUT2D eigenvalue weighted by Crippen LogP contribution is 2.19. The van der Waals surface area contributed by atoms with Gasteiger partial charge in [0.05, 0.1) is 19.7 Å². The lowest BCUT2D eigenvalue weighted by Crippen LogP contribution is -2.51. The monoisotopic (exact) mass is 322 g/mol. The highest BCUT2D eigenvalue weighted by Gasteiger charge is 2.33. The van der Waals surface area contributed by atoms with E-state index < -0.39 is 6.04 Å². The molecule has 0 aromatic carbocycles. The van der Waals surface area contributed by atoms with E-state index in [4.69, 9.17) is 9.15 Å². The third-order valence-corrected chi connectivity index (χ3v) is 4.01. The molecule has 1 unspecified atom stereocenters. The van der Waals surface area contributed by atoms with E-state index in [2.05, 4.69) is 0 Å². The van der Waals surface area contributed by atoms with Gasteiger partial charge in [-0.2, -0.15) is 0 Å². The van der Waals surface area contributed by atoms with Crippen LogP contribution in [0.15, 0.2) is 16.5 Å². The number of piperidine rings is 1. The molecule has 1 aliphatic rings. The van der Waals surface area contributed by atoms with Crippen LogP contribution < -0.4 is 0 Å². The van der Waals surface area contributed by atoms with Crippen LogP contribution in [-0.4, -0.2) is 54.5 Å². The number of amides is 1. The summed E-state index contributed by atoms with van der Waals surface area (Å²) in [6.07, 6.45) is 2.57. The summed E-state index contributed by atoms with van der Waals surface area (Å²) in [5, 5.41) is 0. The van der Waals surface area contributed by atoms with Crippen molar-refractivity contribution in [3.05, 3.63) is 23.7 Å². The first-order valence-electron chi connectivity index (χ1n) is 8.21. The van der Waals surface area contributed by atoms with Gasteiger partial charge in [0.25, 0.3) is 0 Å². The first-order valence-corrected chi connectivity index (χ1v) is 8.21. The molecule has 1 aromatic rings. The number of ether oxygens (including phenoxy) is 1. The van der Waals surface area contributed by atoms with Crippen molar-refractivity contribution in [2.45, 2.75) is 45.7 Å². The van der Waals surface area contributed by atoms with Crippen LogP contribution in [0.3, 0.4) is 0 Å². The van der Waals surface area contributed by atoms with E-state index >= 15 is 0 Å². The van der Waals surface area contributed by atoms with Crippen molar-refractivity contribution in [3.8, 4) is 0 Å². The maximum absolute atomic E-state index is 12.6. The van der Waals surface area contributed by atoms with Gasteiger partial charge in [-0.05, 0) is 52.3 Å². The van der Waals surface area contributed by atoms with E-state index in [0.29, 0.717) is 26.1 Å².